The van der Waals surface area contributed by atoms with Crippen molar-refractivity contribution in [2.24, 2.45) is 0 Å². The molecule has 1 amide bonds. The molecule has 0 unspecified atom stereocenters. The number of aryl methyl sites for hydroxylation is 2. The molecule has 0 radical (unpaired) electrons. The van der Waals surface area contributed by atoms with Crippen molar-refractivity contribution in [3.8, 4) is 0 Å². The van der Waals surface area contributed by atoms with Gasteiger partial charge in [-0.15, -0.1) is 11.3 Å². The highest BCUT2D eigenvalue weighted by Gasteiger charge is 2.22. The third kappa shape index (κ3) is 3.16. The number of amides is 1. The van der Waals surface area contributed by atoms with Crippen LogP contribution in [0.5, 0.6) is 0 Å². The normalized spacial score (nSPS) is 19.9. The summed E-state index contributed by atoms with van der Waals surface area (Å²) in [6.45, 7) is 0.878. The van der Waals surface area contributed by atoms with Crippen LogP contribution >= 0.6 is 11.3 Å². The first kappa shape index (κ1) is 16.5. The molecule has 134 valence electrons. The average Bonchev–Trinajstić information content (AvgIpc) is 3.23. The molecular formula is C17H21N3O4S. The van der Waals surface area contributed by atoms with Crippen LogP contribution in [0.25, 0.3) is 10.2 Å². The first-order valence-corrected chi connectivity index (χ1v) is 9.61. The summed E-state index contributed by atoms with van der Waals surface area (Å²) in [5.74, 6) is -0.341. The summed E-state index contributed by atoms with van der Waals surface area (Å²) in [7, 11) is 0. The molecule has 1 aliphatic carbocycles. The second-order valence-corrected chi connectivity index (χ2v) is 7.78. The number of hydrogen-bond acceptors (Lipinski definition) is 5. The van der Waals surface area contributed by atoms with Crippen LogP contribution in [0.15, 0.2) is 9.59 Å². The molecule has 2 N–H and O–H groups in total. The maximum atomic E-state index is 12.8. The number of fused-ring (bicyclic) bond motifs is 3. The number of nitrogens with one attached hydrogen (secondary N) is 2. The molecule has 2 aromatic rings. The molecule has 0 bridgehead atoms. The molecule has 0 spiro atoms. The van der Waals surface area contributed by atoms with E-state index in [9.17, 15) is 14.4 Å². The summed E-state index contributed by atoms with van der Waals surface area (Å²) in [5, 5.41) is 3.35. The number of rotatable bonds is 4. The zero-order valence-corrected chi connectivity index (χ0v) is 14.7. The fourth-order valence-corrected chi connectivity index (χ4v) is 4.92. The maximum Gasteiger partial charge on any atom is 0.329 e. The molecule has 1 fully saturated rings. The number of aromatic nitrogens is 2. The highest BCUT2D eigenvalue weighted by molar-refractivity contribution is 7.18. The molecule has 7 nitrogen and oxygen atoms in total. The van der Waals surface area contributed by atoms with Crippen molar-refractivity contribution < 1.29 is 9.53 Å². The van der Waals surface area contributed by atoms with Crippen LogP contribution in [0.3, 0.4) is 0 Å². The number of nitrogens with zero attached hydrogens (tertiary/aromatic N) is 1. The maximum absolute atomic E-state index is 12.8. The fourth-order valence-electron chi connectivity index (χ4n) is 3.65. The van der Waals surface area contributed by atoms with Gasteiger partial charge < -0.3 is 10.1 Å². The van der Waals surface area contributed by atoms with Gasteiger partial charge in [0.25, 0.3) is 5.56 Å². The highest BCUT2D eigenvalue weighted by atomic mass is 32.1. The molecule has 2 aliphatic rings. The molecule has 4 rings (SSSR count). The summed E-state index contributed by atoms with van der Waals surface area (Å²) < 4.78 is 6.47. The van der Waals surface area contributed by atoms with Crippen LogP contribution in [0, 0.1) is 0 Å². The minimum Gasteiger partial charge on any atom is -0.376 e. The number of aromatic amines is 1. The van der Waals surface area contributed by atoms with Crippen LogP contribution in [-0.4, -0.2) is 34.7 Å². The number of carbonyl (C=O) groups is 1. The lowest BCUT2D eigenvalue weighted by Gasteiger charge is -2.12. The third-order valence-corrected chi connectivity index (χ3v) is 6.16. The summed E-state index contributed by atoms with van der Waals surface area (Å²) in [6.07, 6.45) is 5.95. The van der Waals surface area contributed by atoms with Gasteiger partial charge >= 0.3 is 5.69 Å². The van der Waals surface area contributed by atoms with E-state index in [0.717, 1.165) is 55.3 Å². The summed E-state index contributed by atoms with van der Waals surface area (Å²) >= 11 is 1.50. The molecule has 8 heteroatoms. The van der Waals surface area contributed by atoms with E-state index in [2.05, 4.69) is 10.3 Å². The topological polar surface area (TPSA) is 93.2 Å². The Morgan fingerprint density at radius 3 is 2.92 bits per heavy atom. The Kier molecular flexibility index (Phi) is 4.47. The quantitative estimate of drug-likeness (QED) is 0.845. The van der Waals surface area contributed by atoms with Crippen molar-refractivity contribution >= 4 is 27.5 Å². The lowest BCUT2D eigenvalue weighted by molar-refractivity contribution is -0.122. The van der Waals surface area contributed by atoms with E-state index in [1.807, 2.05) is 0 Å². The van der Waals surface area contributed by atoms with Crippen molar-refractivity contribution in [2.75, 3.05) is 13.2 Å². The van der Waals surface area contributed by atoms with Gasteiger partial charge in [-0.25, -0.2) is 4.79 Å². The predicted octanol–water partition coefficient (Wildman–Crippen LogP) is 0.925. The first-order valence-electron chi connectivity index (χ1n) is 8.79. The number of carbonyl (C=O) groups excluding carboxylic acids is 1. The fraction of sp³-hybridized carbons (Fsp3) is 0.588. The molecule has 3 heterocycles. The zero-order chi connectivity index (χ0) is 17.4. The molecular weight excluding hydrogens is 342 g/mol. The van der Waals surface area contributed by atoms with E-state index in [0.29, 0.717) is 16.8 Å². The van der Waals surface area contributed by atoms with Crippen LogP contribution in [0.4, 0.5) is 0 Å². The Balaban J connectivity index is 1.59. The summed E-state index contributed by atoms with van der Waals surface area (Å²) in [4.78, 5) is 41.9. The lowest BCUT2D eigenvalue weighted by atomic mass is 9.97. The predicted molar refractivity (Wildman–Crippen MR) is 95.3 cm³/mol. The van der Waals surface area contributed by atoms with Crippen LogP contribution < -0.4 is 16.6 Å². The molecule has 0 aromatic carbocycles. The Labute approximate surface area is 148 Å². The smallest absolute Gasteiger partial charge is 0.329 e. The van der Waals surface area contributed by atoms with Gasteiger partial charge in [-0.05, 0) is 44.1 Å². The van der Waals surface area contributed by atoms with Gasteiger partial charge in [-0.2, -0.15) is 0 Å². The van der Waals surface area contributed by atoms with E-state index in [1.54, 1.807) is 0 Å². The van der Waals surface area contributed by atoms with Crippen molar-refractivity contribution in [1.29, 1.82) is 0 Å². The van der Waals surface area contributed by atoms with E-state index < -0.39 is 5.69 Å². The standard InChI is InChI=1S/C17H21N3O4S/c21-13(18-8-10-4-3-7-24-10)9-20-16(22)14-11-5-1-2-6-12(11)25-15(14)19-17(20)23/h10H,1-9H2,(H,18,21)(H,19,23)/t10-/m1/s1. The van der Waals surface area contributed by atoms with Gasteiger partial charge in [0.05, 0.1) is 11.5 Å². The molecule has 1 aliphatic heterocycles. The SMILES string of the molecule is O=C(Cn1c(=O)[nH]c2sc3c(c2c1=O)CCCC3)NC[C@H]1CCCO1. The number of hydrogen-bond donors (Lipinski definition) is 2. The summed E-state index contributed by atoms with van der Waals surface area (Å²) in [6, 6.07) is 0. The van der Waals surface area contributed by atoms with Gasteiger partial charge in [0, 0.05) is 18.0 Å². The minimum absolute atomic E-state index is 0.0327. The molecule has 2 aromatic heterocycles. The molecule has 1 saturated heterocycles. The number of thiophene rings is 1. The van der Waals surface area contributed by atoms with E-state index in [4.69, 9.17) is 4.74 Å². The average molecular weight is 363 g/mol. The van der Waals surface area contributed by atoms with Gasteiger partial charge in [0.15, 0.2) is 0 Å². The van der Waals surface area contributed by atoms with Crippen molar-refractivity contribution in [3.63, 3.8) is 0 Å². The van der Waals surface area contributed by atoms with Crippen molar-refractivity contribution in [3.05, 3.63) is 31.3 Å². The molecule has 25 heavy (non-hydrogen) atoms. The largest absolute Gasteiger partial charge is 0.376 e. The van der Waals surface area contributed by atoms with E-state index in [1.165, 1.54) is 16.2 Å². The Hall–Kier alpha value is -1.93. The van der Waals surface area contributed by atoms with Crippen molar-refractivity contribution in [1.82, 2.24) is 14.9 Å². The van der Waals surface area contributed by atoms with Crippen LogP contribution in [0.2, 0.25) is 0 Å². The van der Waals surface area contributed by atoms with Gasteiger partial charge in [-0.1, -0.05) is 0 Å². The van der Waals surface area contributed by atoms with Crippen LogP contribution in [-0.2, 0) is 28.9 Å². The first-order chi connectivity index (χ1) is 12.1. The Morgan fingerprint density at radius 2 is 2.12 bits per heavy atom. The Morgan fingerprint density at radius 1 is 1.28 bits per heavy atom. The second-order valence-electron chi connectivity index (χ2n) is 6.68. The molecule has 1 atom stereocenters. The second kappa shape index (κ2) is 6.76. The van der Waals surface area contributed by atoms with E-state index in [-0.39, 0.29) is 24.1 Å². The Bertz CT molecular complexity index is 920. The van der Waals surface area contributed by atoms with Gasteiger partial charge in [-0.3, -0.25) is 19.1 Å². The highest BCUT2D eigenvalue weighted by Crippen LogP contribution is 2.32. The molecule has 0 saturated carbocycles. The van der Waals surface area contributed by atoms with Crippen LogP contribution in [0.1, 0.15) is 36.1 Å². The number of H-pyrrole nitrogens is 1. The van der Waals surface area contributed by atoms with Crippen molar-refractivity contribution in [2.45, 2.75) is 51.2 Å². The third-order valence-electron chi connectivity index (χ3n) is 4.95. The number of ether oxygens (including phenoxy) is 1. The summed E-state index contributed by atoms with van der Waals surface area (Å²) in [5.41, 5.74) is 0.176. The minimum atomic E-state index is -0.525. The van der Waals surface area contributed by atoms with E-state index >= 15 is 0 Å². The lowest BCUT2D eigenvalue weighted by Crippen LogP contribution is -2.42. The van der Waals surface area contributed by atoms with Gasteiger partial charge in [0.2, 0.25) is 5.91 Å². The zero-order valence-electron chi connectivity index (χ0n) is 13.9. The van der Waals surface area contributed by atoms with Gasteiger partial charge in [0.1, 0.15) is 11.4 Å². The monoisotopic (exact) mass is 363 g/mol.